The molecule has 0 saturated heterocycles. The largest absolute Gasteiger partial charge is 0.346 e. The number of carbonyl (C=O) groups excluding carboxylic acids is 2. The summed E-state index contributed by atoms with van der Waals surface area (Å²) in [5.41, 5.74) is 5.90. The molecule has 0 radical (unpaired) electrons. The smallest absolute Gasteiger partial charge is 0.243 e. The molecule has 3 aromatic rings. The molecule has 0 spiro atoms. The van der Waals surface area contributed by atoms with Gasteiger partial charge in [-0.15, -0.1) is 0 Å². The molecule has 0 aliphatic heterocycles. The molecule has 1 aromatic heterocycles. The number of aromatic nitrogens is 2. The number of anilines is 1. The van der Waals surface area contributed by atoms with Gasteiger partial charge in [0.2, 0.25) is 11.8 Å². The van der Waals surface area contributed by atoms with Crippen LogP contribution in [0.5, 0.6) is 0 Å². The van der Waals surface area contributed by atoms with Crippen molar-refractivity contribution in [3.63, 3.8) is 0 Å². The Labute approximate surface area is 168 Å². The van der Waals surface area contributed by atoms with Crippen LogP contribution in [0.15, 0.2) is 41.6 Å². The normalized spacial score (nSPS) is 10.9. The van der Waals surface area contributed by atoms with Crippen LogP contribution in [0.2, 0.25) is 0 Å². The highest BCUT2D eigenvalue weighted by molar-refractivity contribution is 7.99. The maximum atomic E-state index is 12.2. The molecular formula is C21H24N4O2S. The van der Waals surface area contributed by atoms with Crippen LogP contribution in [0.3, 0.4) is 0 Å². The first kappa shape index (κ1) is 19.9. The SMILES string of the molecule is Cc1cc(C)c(NC(=O)CNC(=O)CSc2nc3ccccc3n2C)c(C)c1. The highest BCUT2D eigenvalue weighted by Crippen LogP contribution is 2.23. The van der Waals surface area contributed by atoms with E-state index in [-0.39, 0.29) is 24.1 Å². The zero-order valence-corrected chi connectivity index (χ0v) is 17.3. The summed E-state index contributed by atoms with van der Waals surface area (Å²) in [6.07, 6.45) is 0. The molecule has 1 heterocycles. The Morgan fingerprint density at radius 3 is 2.43 bits per heavy atom. The number of amides is 2. The summed E-state index contributed by atoms with van der Waals surface area (Å²) in [4.78, 5) is 28.9. The number of hydrogen-bond acceptors (Lipinski definition) is 4. The molecule has 2 amide bonds. The molecule has 0 unspecified atom stereocenters. The molecule has 3 rings (SSSR count). The van der Waals surface area contributed by atoms with Gasteiger partial charge in [-0.2, -0.15) is 0 Å². The maximum Gasteiger partial charge on any atom is 0.243 e. The second-order valence-corrected chi connectivity index (χ2v) is 7.77. The molecule has 2 aromatic carbocycles. The fraction of sp³-hybridized carbons (Fsp3) is 0.286. The molecule has 0 atom stereocenters. The maximum absolute atomic E-state index is 12.2. The average Bonchev–Trinajstić information content (AvgIpc) is 2.97. The van der Waals surface area contributed by atoms with Crippen molar-refractivity contribution in [1.82, 2.24) is 14.9 Å². The Bertz CT molecular complexity index is 1020. The number of para-hydroxylation sites is 2. The third kappa shape index (κ3) is 4.54. The van der Waals surface area contributed by atoms with E-state index in [0.717, 1.165) is 38.6 Å². The van der Waals surface area contributed by atoms with Gasteiger partial charge in [0.25, 0.3) is 0 Å². The fourth-order valence-corrected chi connectivity index (χ4v) is 3.99. The van der Waals surface area contributed by atoms with E-state index in [1.54, 1.807) is 0 Å². The van der Waals surface area contributed by atoms with Gasteiger partial charge < -0.3 is 15.2 Å². The standard InChI is InChI=1S/C21H24N4O2S/c1-13-9-14(2)20(15(3)10-13)24-18(26)11-22-19(27)12-28-21-23-16-7-5-6-8-17(16)25(21)4/h5-10H,11-12H2,1-4H3,(H,22,27)(H,24,26). The third-order valence-electron chi connectivity index (χ3n) is 4.47. The minimum atomic E-state index is -0.240. The van der Waals surface area contributed by atoms with Gasteiger partial charge >= 0.3 is 0 Å². The third-order valence-corrected chi connectivity index (χ3v) is 5.50. The number of nitrogens with zero attached hydrogens (tertiary/aromatic N) is 2. The first-order valence-corrected chi connectivity index (χ1v) is 10.0. The first-order valence-electron chi connectivity index (χ1n) is 9.04. The molecule has 146 valence electrons. The second-order valence-electron chi connectivity index (χ2n) is 6.83. The van der Waals surface area contributed by atoms with Crippen LogP contribution in [-0.4, -0.2) is 33.7 Å². The van der Waals surface area contributed by atoms with Crippen molar-refractivity contribution in [1.29, 1.82) is 0 Å². The number of imidazole rings is 1. The minimum absolute atomic E-state index is 0.0608. The molecule has 7 heteroatoms. The predicted octanol–water partition coefficient (Wildman–Crippen LogP) is 3.35. The van der Waals surface area contributed by atoms with Crippen molar-refractivity contribution < 1.29 is 9.59 Å². The predicted molar refractivity (Wildman–Crippen MR) is 114 cm³/mol. The van der Waals surface area contributed by atoms with Crippen LogP contribution in [0, 0.1) is 20.8 Å². The Morgan fingerprint density at radius 2 is 1.75 bits per heavy atom. The monoisotopic (exact) mass is 396 g/mol. The lowest BCUT2D eigenvalue weighted by Crippen LogP contribution is -2.34. The molecule has 28 heavy (non-hydrogen) atoms. The zero-order chi connectivity index (χ0) is 20.3. The van der Waals surface area contributed by atoms with Gasteiger partial charge in [0, 0.05) is 12.7 Å². The van der Waals surface area contributed by atoms with Crippen LogP contribution >= 0.6 is 11.8 Å². The molecule has 6 nitrogen and oxygen atoms in total. The number of carbonyl (C=O) groups is 2. The number of aryl methyl sites for hydroxylation is 4. The Morgan fingerprint density at radius 1 is 1.07 bits per heavy atom. The van der Waals surface area contributed by atoms with E-state index < -0.39 is 0 Å². The summed E-state index contributed by atoms with van der Waals surface area (Å²) >= 11 is 1.35. The van der Waals surface area contributed by atoms with Crippen LogP contribution in [0.1, 0.15) is 16.7 Å². The Balaban J connectivity index is 1.51. The lowest BCUT2D eigenvalue weighted by molar-refractivity contribution is -0.122. The number of thioether (sulfide) groups is 1. The number of benzene rings is 2. The van der Waals surface area contributed by atoms with E-state index in [1.807, 2.05) is 68.8 Å². The van der Waals surface area contributed by atoms with Gasteiger partial charge in [-0.25, -0.2) is 4.98 Å². The van der Waals surface area contributed by atoms with E-state index in [2.05, 4.69) is 15.6 Å². The molecule has 0 saturated carbocycles. The van der Waals surface area contributed by atoms with Crippen molar-refractivity contribution in [2.45, 2.75) is 25.9 Å². The van der Waals surface area contributed by atoms with Gasteiger partial charge in [-0.05, 0) is 44.0 Å². The van der Waals surface area contributed by atoms with E-state index >= 15 is 0 Å². The highest BCUT2D eigenvalue weighted by Gasteiger charge is 2.12. The van der Waals surface area contributed by atoms with Crippen LogP contribution in [-0.2, 0) is 16.6 Å². The second kappa shape index (κ2) is 8.48. The lowest BCUT2D eigenvalue weighted by atomic mass is 10.1. The summed E-state index contributed by atoms with van der Waals surface area (Å²) in [7, 11) is 1.93. The molecule has 2 N–H and O–H groups in total. The number of nitrogens with one attached hydrogen (secondary N) is 2. The molecule has 0 aliphatic rings. The Kier molecular flexibility index (Phi) is 6.04. The fourth-order valence-electron chi connectivity index (χ4n) is 3.17. The van der Waals surface area contributed by atoms with Crippen molar-refractivity contribution in [2.75, 3.05) is 17.6 Å². The average molecular weight is 397 g/mol. The molecule has 0 bridgehead atoms. The van der Waals surface area contributed by atoms with E-state index in [4.69, 9.17) is 0 Å². The highest BCUT2D eigenvalue weighted by atomic mass is 32.2. The number of rotatable bonds is 6. The summed E-state index contributed by atoms with van der Waals surface area (Å²) in [6.45, 7) is 5.88. The lowest BCUT2D eigenvalue weighted by Gasteiger charge is -2.13. The quantitative estimate of drug-likeness (QED) is 0.627. The zero-order valence-electron chi connectivity index (χ0n) is 16.5. The first-order chi connectivity index (χ1) is 13.3. The van der Waals surface area contributed by atoms with Crippen LogP contribution in [0.4, 0.5) is 5.69 Å². The van der Waals surface area contributed by atoms with Crippen molar-refractivity contribution in [3.05, 3.63) is 53.1 Å². The van der Waals surface area contributed by atoms with Gasteiger partial charge in [-0.1, -0.05) is 41.6 Å². The van der Waals surface area contributed by atoms with Crippen LogP contribution < -0.4 is 10.6 Å². The molecular weight excluding hydrogens is 372 g/mol. The topological polar surface area (TPSA) is 76.0 Å². The summed E-state index contributed by atoms with van der Waals surface area (Å²) in [6, 6.07) is 11.9. The number of hydrogen-bond donors (Lipinski definition) is 2. The van der Waals surface area contributed by atoms with Gasteiger partial charge in [-0.3, -0.25) is 9.59 Å². The van der Waals surface area contributed by atoms with E-state index in [9.17, 15) is 9.59 Å². The molecule has 0 fully saturated rings. The molecule has 0 aliphatic carbocycles. The van der Waals surface area contributed by atoms with Gasteiger partial charge in [0.15, 0.2) is 5.16 Å². The van der Waals surface area contributed by atoms with E-state index in [0.29, 0.717) is 0 Å². The van der Waals surface area contributed by atoms with Crippen molar-refractivity contribution in [3.8, 4) is 0 Å². The van der Waals surface area contributed by atoms with Crippen LogP contribution in [0.25, 0.3) is 11.0 Å². The van der Waals surface area contributed by atoms with E-state index in [1.165, 1.54) is 11.8 Å². The minimum Gasteiger partial charge on any atom is -0.346 e. The Hall–Kier alpha value is -2.80. The van der Waals surface area contributed by atoms with Crippen molar-refractivity contribution >= 4 is 40.3 Å². The van der Waals surface area contributed by atoms with Gasteiger partial charge in [0.05, 0.1) is 23.3 Å². The van der Waals surface area contributed by atoms with Gasteiger partial charge in [0.1, 0.15) is 0 Å². The number of fused-ring (bicyclic) bond motifs is 1. The summed E-state index contributed by atoms with van der Waals surface area (Å²) < 4.78 is 1.96. The summed E-state index contributed by atoms with van der Waals surface area (Å²) in [5, 5.41) is 6.32. The summed E-state index contributed by atoms with van der Waals surface area (Å²) in [5.74, 6) is -0.242. The van der Waals surface area contributed by atoms with Crippen molar-refractivity contribution in [2.24, 2.45) is 7.05 Å².